The van der Waals surface area contributed by atoms with E-state index in [0.717, 1.165) is 19.3 Å². The van der Waals surface area contributed by atoms with Crippen LogP contribution in [0.25, 0.3) is 0 Å². The standard InChI is InChI=1S/C22H23ClFN3O3/c1-12-4-15(24)2-3-16(12)26-17-10-25-27(19(28)18(17)23)22-8-13-5-14(9-22)7-21(6-13,11-22)20(29)30/h2-4,10,13-14,26H,5-9,11H2,1H3,(H,29,30)/t13-,14-,21?,22?/m0/s1. The van der Waals surface area contributed by atoms with Crippen LogP contribution in [0.1, 0.15) is 44.1 Å². The minimum atomic E-state index is -0.764. The van der Waals surface area contributed by atoms with E-state index in [1.807, 2.05) is 0 Å². The fourth-order valence-corrected chi connectivity index (χ4v) is 6.66. The molecule has 0 aliphatic heterocycles. The first-order valence-electron chi connectivity index (χ1n) is 10.3. The Bertz CT molecular complexity index is 1100. The second-order valence-corrected chi connectivity index (χ2v) is 9.82. The van der Waals surface area contributed by atoms with Crippen molar-refractivity contribution >= 4 is 28.9 Å². The lowest BCUT2D eigenvalue weighted by Crippen LogP contribution is -2.61. The molecule has 1 aromatic carbocycles. The zero-order valence-corrected chi connectivity index (χ0v) is 17.4. The van der Waals surface area contributed by atoms with Gasteiger partial charge in [0.1, 0.15) is 10.8 Å². The third-order valence-electron chi connectivity index (χ3n) is 7.31. The summed E-state index contributed by atoms with van der Waals surface area (Å²) in [7, 11) is 0. The van der Waals surface area contributed by atoms with Gasteiger partial charge in [0.25, 0.3) is 5.56 Å². The van der Waals surface area contributed by atoms with Gasteiger partial charge in [-0.25, -0.2) is 9.07 Å². The van der Waals surface area contributed by atoms with Gasteiger partial charge in [0.2, 0.25) is 0 Å². The lowest BCUT2D eigenvalue weighted by Gasteiger charge is -2.60. The molecule has 0 unspecified atom stereocenters. The molecule has 4 fully saturated rings. The van der Waals surface area contributed by atoms with Gasteiger partial charge in [-0.3, -0.25) is 9.59 Å². The SMILES string of the molecule is Cc1cc(F)ccc1Nc1cnn(C23C[C@H]4C[C@@H](CC(C(=O)O)(C4)C2)C3)c(=O)c1Cl. The lowest BCUT2D eigenvalue weighted by atomic mass is 9.47. The number of hydrogen-bond donors (Lipinski definition) is 2. The highest BCUT2D eigenvalue weighted by Crippen LogP contribution is 2.63. The number of carboxylic acids is 1. The number of aromatic nitrogens is 2. The van der Waals surface area contributed by atoms with E-state index >= 15 is 0 Å². The summed E-state index contributed by atoms with van der Waals surface area (Å²) in [6, 6.07) is 4.31. The van der Waals surface area contributed by atoms with E-state index in [9.17, 15) is 19.1 Å². The highest BCUT2D eigenvalue weighted by molar-refractivity contribution is 6.33. The maximum Gasteiger partial charge on any atom is 0.309 e. The van der Waals surface area contributed by atoms with E-state index in [1.54, 1.807) is 13.0 Å². The molecule has 158 valence electrons. The average Bonchev–Trinajstić information content (AvgIpc) is 2.66. The number of aryl methyl sites for hydroxylation is 1. The summed E-state index contributed by atoms with van der Waals surface area (Å²) in [5, 5.41) is 17.5. The minimum absolute atomic E-state index is 0.00819. The third-order valence-corrected chi connectivity index (χ3v) is 7.68. The maximum atomic E-state index is 13.4. The summed E-state index contributed by atoms with van der Waals surface area (Å²) in [5.41, 5.74) is -0.0984. The summed E-state index contributed by atoms with van der Waals surface area (Å²) in [5.74, 6) is -0.499. The minimum Gasteiger partial charge on any atom is -0.481 e. The van der Waals surface area contributed by atoms with Gasteiger partial charge in [-0.05, 0) is 81.0 Å². The summed E-state index contributed by atoms with van der Waals surface area (Å²) in [6.07, 6.45) is 5.88. The summed E-state index contributed by atoms with van der Waals surface area (Å²) in [6.45, 7) is 1.76. The van der Waals surface area contributed by atoms with Crippen molar-refractivity contribution in [2.45, 2.75) is 51.0 Å². The number of nitrogens with one attached hydrogen (secondary N) is 1. The molecule has 1 aromatic heterocycles. The van der Waals surface area contributed by atoms with Gasteiger partial charge in [-0.1, -0.05) is 11.6 Å². The van der Waals surface area contributed by atoms with Crippen LogP contribution in [0.5, 0.6) is 0 Å². The predicted molar refractivity (Wildman–Crippen MR) is 111 cm³/mol. The van der Waals surface area contributed by atoms with Crippen molar-refractivity contribution in [3.05, 3.63) is 51.2 Å². The van der Waals surface area contributed by atoms with Crippen LogP contribution in [0.3, 0.4) is 0 Å². The topological polar surface area (TPSA) is 84.2 Å². The molecule has 0 radical (unpaired) electrons. The molecule has 0 spiro atoms. The predicted octanol–water partition coefficient (Wildman–Crippen LogP) is 4.47. The molecule has 2 aromatic rings. The molecule has 4 bridgehead atoms. The average molecular weight is 432 g/mol. The number of carboxylic acid groups (broad SMARTS) is 1. The Morgan fingerprint density at radius 1 is 1.27 bits per heavy atom. The molecular weight excluding hydrogens is 409 g/mol. The van der Waals surface area contributed by atoms with E-state index in [2.05, 4.69) is 10.4 Å². The van der Waals surface area contributed by atoms with Gasteiger partial charge >= 0.3 is 5.97 Å². The van der Waals surface area contributed by atoms with E-state index in [4.69, 9.17) is 11.6 Å². The molecule has 2 N–H and O–H groups in total. The Hall–Kier alpha value is -2.41. The largest absolute Gasteiger partial charge is 0.481 e. The van der Waals surface area contributed by atoms with Gasteiger partial charge in [-0.15, -0.1) is 0 Å². The molecule has 2 atom stereocenters. The Morgan fingerprint density at radius 3 is 2.60 bits per heavy atom. The number of rotatable bonds is 4. The lowest BCUT2D eigenvalue weighted by molar-refractivity contribution is -0.173. The molecule has 4 aliphatic carbocycles. The van der Waals surface area contributed by atoms with E-state index in [-0.39, 0.29) is 10.8 Å². The summed E-state index contributed by atoms with van der Waals surface area (Å²) < 4.78 is 14.8. The highest BCUT2D eigenvalue weighted by Gasteiger charge is 2.62. The number of nitrogens with zero attached hydrogens (tertiary/aromatic N) is 2. The fourth-order valence-electron chi connectivity index (χ4n) is 6.48. The fraction of sp³-hybridized carbons (Fsp3) is 0.500. The quantitative estimate of drug-likeness (QED) is 0.746. The molecule has 1 heterocycles. The van der Waals surface area contributed by atoms with Crippen molar-refractivity contribution in [1.82, 2.24) is 9.78 Å². The smallest absolute Gasteiger partial charge is 0.309 e. The molecule has 4 aliphatic rings. The van der Waals surface area contributed by atoms with Crippen LogP contribution in [0.4, 0.5) is 15.8 Å². The molecule has 0 amide bonds. The Kier molecular flexibility index (Phi) is 4.26. The van der Waals surface area contributed by atoms with E-state index in [0.29, 0.717) is 48.0 Å². The Morgan fingerprint density at radius 2 is 1.97 bits per heavy atom. The van der Waals surface area contributed by atoms with Gasteiger partial charge < -0.3 is 10.4 Å². The third kappa shape index (κ3) is 2.86. The second-order valence-electron chi connectivity index (χ2n) is 9.44. The van der Waals surface area contributed by atoms with Crippen LogP contribution >= 0.6 is 11.6 Å². The number of carbonyl (C=O) groups is 1. The first-order chi connectivity index (χ1) is 14.2. The van der Waals surface area contributed by atoms with Gasteiger partial charge in [0, 0.05) is 5.69 Å². The van der Waals surface area contributed by atoms with Gasteiger partial charge in [0.05, 0.1) is 22.8 Å². The van der Waals surface area contributed by atoms with Crippen LogP contribution in [0.2, 0.25) is 5.02 Å². The molecule has 6 nitrogen and oxygen atoms in total. The van der Waals surface area contributed by atoms with E-state index < -0.39 is 22.5 Å². The van der Waals surface area contributed by atoms with Crippen molar-refractivity contribution in [1.29, 1.82) is 0 Å². The number of halogens is 2. The van der Waals surface area contributed by atoms with Crippen LogP contribution < -0.4 is 10.9 Å². The van der Waals surface area contributed by atoms with Gasteiger partial charge in [0.15, 0.2) is 0 Å². The number of anilines is 2. The maximum absolute atomic E-state index is 13.4. The molecular formula is C22H23ClFN3O3. The van der Waals surface area contributed by atoms with Crippen LogP contribution in [0.15, 0.2) is 29.2 Å². The van der Waals surface area contributed by atoms with E-state index in [1.165, 1.54) is 23.0 Å². The monoisotopic (exact) mass is 431 g/mol. The van der Waals surface area contributed by atoms with Crippen LogP contribution in [-0.4, -0.2) is 20.9 Å². The number of aliphatic carboxylic acids is 1. The van der Waals surface area contributed by atoms with Crippen molar-refractivity contribution in [3.63, 3.8) is 0 Å². The second kappa shape index (κ2) is 6.54. The summed E-state index contributed by atoms with van der Waals surface area (Å²) in [4.78, 5) is 25.4. The first kappa shape index (κ1) is 19.5. The molecule has 6 rings (SSSR count). The highest BCUT2D eigenvalue weighted by atomic mass is 35.5. The zero-order chi connectivity index (χ0) is 21.3. The number of benzene rings is 1. The van der Waals surface area contributed by atoms with Crippen molar-refractivity contribution in [2.24, 2.45) is 17.3 Å². The van der Waals surface area contributed by atoms with Crippen LogP contribution in [-0.2, 0) is 10.3 Å². The Labute approximate surface area is 178 Å². The Balaban J connectivity index is 1.53. The van der Waals surface area contributed by atoms with Crippen LogP contribution in [0, 0.1) is 30.0 Å². The van der Waals surface area contributed by atoms with Gasteiger partial charge in [-0.2, -0.15) is 5.10 Å². The summed E-state index contributed by atoms with van der Waals surface area (Å²) >= 11 is 6.44. The zero-order valence-electron chi connectivity index (χ0n) is 16.6. The van der Waals surface area contributed by atoms with Crippen molar-refractivity contribution in [2.75, 3.05) is 5.32 Å². The molecule has 30 heavy (non-hydrogen) atoms. The molecule has 8 heteroatoms. The number of hydrogen-bond acceptors (Lipinski definition) is 4. The van der Waals surface area contributed by atoms with Crippen molar-refractivity contribution < 1.29 is 14.3 Å². The first-order valence-corrected chi connectivity index (χ1v) is 10.6. The molecule has 4 saturated carbocycles. The van der Waals surface area contributed by atoms with Crippen molar-refractivity contribution in [3.8, 4) is 0 Å². The molecule has 0 saturated heterocycles. The normalized spacial score (nSPS) is 31.7.